The summed E-state index contributed by atoms with van der Waals surface area (Å²) in [5.74, 6) is 0.353. The number of aromatic nitrogens is 3. The van der Waals surface area contributed by atoms with Gasteiger partial charge in [0.05, 0.1) is 12.2 Å². The molecule has 6 nitrogen and oxygen atoms in total. The van der Waals surface area contributed by atoms with E-state index in [0.29, 0.717) is 5.76 Å². The summed E-state index contributed by atoms with van der Waals surface area (Å²) in [4.78, 5) is 11.7. The van der Waals surface area contributed by atoms with E-state index in [1.807, 2.05) is 6.92 Å². The van der Waals surface area contributed by atoms with E-state index in [4.69, 9.17) is 4.52 Å². The Bertz CT molecular complexity index is 475. The molecule has 0 spiro atoms. The first-order valence-corrected chi connectivity index (χ1v) is 4.89. The van der Waals surface area contributed by atoms with Crippen LogP contribution < -0.4 is 5.32 Å². The normalized spacial score (nSPS) is 12.4. The third-order valence-corrected chi connectivity index (χ3v) is 2.23. The van der Waals surface area contributed by atoms with Gasteiger partial charge in [-0.25, -0.2) is 0 Å². The van der Waals surface area contributed by atoms with Gasteiger partial charge in [-0.05, 0) is 13.8 Å². The van der Waals surface area contributed by atoms with Crippen LogP contribution in [0.1, 0.15) is 34.8 Å². The third kappa shape index (κ3) is 2.10. The van der Waals surface area contributed by atoms with Crippen molar-refractivity contribution in [2.24, 2.45) is 0 Å². The minimum Gasteiger partial charge on any atom is -0.361 e. The molecule has 6 heteroatoms. The molecule has 0 radical (unpaired) electrons. The first kappa shape index (κ1) is 10.4. The molecule has 0 aromatic carbocycles. The zero-order valence-electron chi connectivity index (χ0n) is 9.02. The Kier molecular flexibility index (Phi) is 2.72. The van der Waals surface area contributed by atoms with Crippen LogP contribution in [0.2, 0.25) is 0 Å². The predicted molar refractivity (Wildman–Crippen MR) is 55.7 cm³/mol. The summed E-state index contributed by atoms with van der Waals surface area (Å²) in [6.45, 7) is 3.61. The summed E-state index contributed by atoms with van der Waals surface area (Å²) in [5, 5.41) is 12.9. The quantitative estimate of drug-likeness (QED) is 0.813. The van der Waals surface area contributed by atoms with Crippen LogP contribution in [-0.4, -0.2) is 21.3 Å². The molecule has 2 aromatic heterocycles. The fourth-order valence-electron chi connectivity index (χ4n) is 1.33. The smallest absolute Gasteiger partial charge is 0.273 e. The van der Waals surface area contributed by atoms with E-state index in [2.05, 4.69) is 20.7 Å². The van der Waals surface area contributed by atoms with Crippen molar-refractivity contribution in [3.05, 3.63) is 35.5 Å². The molecule has 16 heavy (non-hydrogen) atoms. The molecule has 0 aliphatic heterocycles. The minimum absolute atomic E-state index is 0.122. The molecule has 0 fully saturated rings. The maximum atomic E-state index is 11.7. The fourth-order valence-corrected chi connectivity index (χ4v) is 1.33. The number of hydrogen-bond donors (Lipinski definition) is 2. The van der Waals surface area contributed by atoms with Crippen molar-refractivity contribution in [3.8, 4) is 0 Å². The number of carbonyl (C=O) groups excluding carboxylic acids is 1. The van der Waals surface area contributed by atoms with E-state index >= 15 is 0 Å². The Balaban J connectivity index is 2.03. The van der Waals surface area contributed by atoms with Crippen molar-refractivity contribution >= 4 is 5.91 Å². The summed E-state index contributed by atoms with van der Waals surface area (Å²) >= 11 is 0. The third-order valence-electron chi connectivity index (χ3n) is 2.23. The van der Waals surface area contributed by atoms with Crippen molar-refractivity contribution < 1.29 is 9.32 Å². The Morgan fingerprint density at radius 1 is 1.62 bits per heavy atom. The molecule has 1 unspecified atom stereocenters. The largest absolute Gasteiger partial charge is 0.361 e. The number of aryl methyl sites for hydroxylation is 1. The monoisotopic (exact) mass is 220 g/mol. The van der Waals surface area contributed by atoms with Crippen molar-refractivity contribution in [2.45, 2.75) is 19.9 Å². The first-order chi connectivity index (χ1) is 7.66. The highest BCUT2D eigenvalue weighted by Gasteiger charge is 2.15. The van der Waals surface area contributed by atoms with Crippen molar-refractivity contribution in [1.82, 2.24) is 20.7 Å². The average Bonchev–Trinajstić information content (AvgIpc) is 2.87. The van der Waals surface area contributed by atoms with E-state index in [1.54, 1.807) is 25.4 Å². The second kappa shape index (κ2) is 4.18. The summed E-state index contributed by atoms with van der Waals surface area (Å²) in [5.41, 5.74) is 1.20. The van der Waals surface area contributed by atoms with Gasteiger partial charge in [-0.1, -0.05) is 5.16 Å². The van der Waals surface area contributed by atoms with Gasteiger partial charge in [0.15, 0.2) is 5.69 Å². The van der Waals surface area contributed by atoms with Gasteiger partial charge in [0, 0.05) is 17.8 Å². The highest BCUT2D eigenvalue weighted by atomic mass is 16.5. The van der Waals surface area contributed by atoms with E-state index in [1.165, 1.54) is 0 Å². The lowest BCUT2D eigenvalue weighted by Crippen LogP contribution is -2.26. The lowest BCUT2D eigenvalue weighted by atomic mass is 10.2. The Labute approximate surface area is 92.0 Å². The number of carbonyl (C=O) groups is 1. The SMILES string of the molecule is Cc1cc(C(=O)NC(C)c2cn[nH]c2)no1. The van der Waals surface area contributed by atoms with E-state index in [0.717, 1.165) is 5.56 Å². The van der Waals surface area contributed by atoms with Gasteiger partial charge in [-0.2, -0.15) is 5.10 Å². The average molecular weight is 220 g/mol. The van der Waals surface area contributed by atoms with Crippen LogP contribution in [0.3, 0.4) is 0 Å². The van der Waals surface area contributed by atoms with Crippen LogP contribution >= 0.6 is 0 Å². The molecule has 1 amide bonds. The van der Waals surface area contributed by atoms with Crippen molar-refractivity contribution in [2.75, 3.05) is 0 Å². The van der Waals surface area contributed by atoms with E-state index < -0.39 is 0 Å². The minimum atomic E-state index is -0.259. The number of nitrogens with zero attached hydrogens (tertiary/aromatic N) is 2. The summed E-state index contributed by atoms with van der Waals surface area (Å²) in [6.07, 6.45) is 3.40. The van der Waals surface area contributed by atoms with Gasteiger partial charge in [0.25, 0.3) is 5.91 Å². The molecule has 2 heterocycles. The number of aromatic amines is 1. The number of amides is 1. The van der Waals surface area contributed by atoms with Gasteiger partial charge < -0.3 is 9.84 Å². The molecule has 0 bridgehead atoms. The number of hydrogen-bond acceptors (Lipinski definition) is 4. The Morgan fingerprint density at radius 3 is 3.00 bits per heavy atom. The van der Waals surface area contributed by atoms with Gasteiger partial charge >= 0.3 is 0 Å². The van der Waals surface area contributed by atoms with E-state index in [9.17, 15) is 4.79 Å². The highest BCUT2D eigenvalue weighted by molar-refractivity contribution is 5.92. The summed E-state index contributed by atoms with van der Waals surface area (Å²) in [6, 6.07) is 1.47. The lowest BCUT2D eigenvalue weighted by molar-refractivity contribution is 0.0930. The summed E-state index contributed by atoms with van der Waals surface area (Å²) in [7, 11) is 0. The summed E-state index contributed by atoms with van der Waals surface area (Å²) < 4.78 is 4.83. The Hall–Kier alpha value is -2.11. The molecule has 0 aliphatic carbocycles. The molecule has 2 aromatic rings. The molecule has 2 N–H and O–H groups in total. The maximum Gasteiger partial charge on any atom is 0.273 e. The molecule has 0 saturated carbocycles. The van der Waals surface area contributed by atoms with Gasteiger partial charge in [-0.15, -0.1) is 0 Å². The molecule has 2 rings (SSSR count). The second-order valence-electron chi connectivity index (χ2n) is 3.55. The standard InChI is InChI=1S/C10H12N4O2/c1-6-3-9(14-16-6)10(15)13-7(2)8-4-11-12-5-8/h3-5,7H,1-2H3,(H,11,12)(H,13,15). The van der Waals surface area contributed by atoms with Gasteiger partial charge in [-0.3, -0.25) is 9.89 Å². The molecule has 0 saturated heterocycles. The first-order valence-electron chi connectivity index (χ1n) is 4.89. The zero-order chi connectivity index (χ0) is 11.5. The number of rotatable bonds is 3. The number of H-pyrrole nitrogens is 1. The molecular weight excluding hydrogens is 208 g/mol. The fraction of sp³-hybridized carbons (Fsp3) is 0.300. The van der Waals surface area contributed by atoms with Crippen molar-refractivity contribution in [1.29, 1.82) is 0 Å². The molecule has 84 valence electrons. The molecule has 1 atom stereocenters. The highest BCUT2D eigenvalue weighted by Crippen LogP contribution is 2.10. The topological polar surface area (TPSA) is 83.8 Å². The maximum absolute atomic E-state index is 11.7. The molecule has 0 aliphatic rings. The number of nitrogens with one attached hydrogen (secondary N) is 2. The van der Waals surface area contributed by atoms with Crippen LogP contribution in [-0.2, 0) is 0 Å². The van der Waals surface area contributed by atoms with Crippen LogP contribution in [0, 0.1) is 6.92 Å². The zero-order valence-corrected chi connectivity index (χ0v) is 9.02. The Morgan fingerprint density at radius 2 is 2.44 bits per heavy atom. The second-order valence-corrected chi connectivity index (χ2v) is 3.55. The predicted octanol–water partition coefficient (Wildman–Crippen LogP) is 1.20. The van der Waals surface area contributed by atoms with E-state index in [-0.39, 0.29) is 17.6 Å². The van der Waals surface area contributed by atoms with Crippen molar-refractivity contribution in [3.63, 3.8) is 0 Å². The van der Waals surface area contributed by atoms with Gasteiger partial charge in [0.2, 0.25) is 0 Å². The van der Waals surface area contributed by atoms with Crippen LogP contribution in [0.5, 0.6) is 0 Å². The van der Waals surface area contributed by atoms with Crippen LogP contribution in [0.4, 0.5) is 0 Å². The van der Waals surface area contributed by atoms with Crippen LogP contribution in [0.15, 0.2) is 23.0 Å². The lowest BCUT2D eigenvalue weighted by Gasteiger charge is -2.09. The van der Waals surface area contributed by atoms with Crippen LogP contribution in [0.25, 0.3) is 0 Å². The molecular formula is C10H12N4O2. The van der Waals surface area contributed by atoms with Gasteiger partial charge in [0.1, 0.15) is 5.76 Å².